The summed E-state index contributed by atoms with van der Waals surface area (Å²) in [4.78, 5) is 17.3. The SMILES string of the molecule is CC(=O)N(C)CC#Cc1ccc(Cc2nccc3ccccc23)cc1. The van der Waals surface area contributed by atoms with E-state index in [1.807, 2.05) is 36.5 Å². The molecule has 1 amide bonds. The zero-order valence-corrected chi connectivity index (χ0v) is 14.5. The van der Waals surface area contributed by atoms with Gasteiger partial charge in [0.2, 0.25) is 5.91 Å². The zero-order valence-electron chi connectivity index (χ0n) is 14.5. The summed E-state index contributed by atoms with van der Waals surface area (Å²) in [5.41, 5.74) is 3.24. The first kappa shape index (κ1) is 16.7. The summed E-state index contributed by atoms with van der Waals surface area (Å²) >= 11 is 0. The van der Waals surface area contributed by atoms with Crippen LogP contribution in [-0.4, -0.2) is 29.4 Å². The second-order valence-electron chi connectivity index (χ2n) is 6.03. The number of pyridine rings is 1. The molecule has 0 fully saturated rings. The zero-order chi connectivity index (χ0) is 17.6. The van der Waals surface area contributed by atoms with E-state index in [0.717, 1.165) is 17.7 Å². The first-order valence-corrected chi connectivity index (χ1v) is 8.25. The second kappa shape index (κ2) is 7.63. The normalized spacial score (nSPS) is 10.2. The maximum atomic E-state index is 11.1. The number of benzene rings is 2. The molecule has 0 N–H and O–H groups in total. The van der Waals surface area contributed by atoms with Crippen molar-refractivity contribution in [3.8, 4) is 11.8 Å². The fraction of sp³-hybridized carbons (Fsp3) is 0.182. The van der Waals surface area contributed by atoms with Crippen LogP contribution in [0.15, 0.2) is 60.8 Å². The summed E-state index contributed by atoms with van der Waals surface area (Å²) in [6, 6.07) is 18.6. The number of nitrogens with zero attached hydrogens (tertiary/aromatic N) is 2. The Morgan fingerprint density at radius 2 is 1.84 bits per heavy atom. The molecule has 0 atom stereocenters. The van der Waals surface area contributed by atoms with Crippen molar-refractivity contribution in [2.75, 3.05) is 13.6 Å². The van der Waals surface area contributed by atoms with Gasteiger partial charge >= 0.3 is 0 Å². The second-order valence-corrected chi connectivity index (χ2v) is 6.03. The summed E-state index contributed by atoms with van der Waals surface area (Å²) in [5.74, 6) is 6.13. The van der Waals surface area contributed by atoms with Crippen LogP contribution in [0.2, 0.25) is 0 Å². The maximum Gasteiger partial charge on any atom is 0.219 e. The van der Waals surface area contributed by atoms with Gasteiger partial charge in [0.25, 0.3) is 0 Å². The van der Waals surface area contributed by atoms with Crippen LogP contribution in [0.25, 0.3) is 10.8 Å². The van der Waals surface area contributed by atoms with Gasteiger partial charge in [-0.15, -0.1) is 0 Å². The first-order chi connectivity index (χ1) is 12.1. The van der Waals surface area contributed by atoms with Crippen molar-refractivity contribution in [3.63, 3.8) is 0 Å². The van der Waals surface area contributed by atoms with Crippen molar-refractivity contribution in [2.45, 2.75) is 13.3 Å². The Morgan fingerprint density at radius 3 is 2.60 bits per heavy atom. The van der Waals surface area contributed by atoms with E-state index in [9.17, 15) is 4.79 Å². The molecule has 25 heavy (non-hydrogen) atoms. The Kier molecular flexibility index (Phi) is 5.11. The highest BCUT2D eigenvalue weighted by Gasteiger charge is 2.03. The molecule has 1 heterocycles. The molecule has 0 aliphatic carbocycles. The minimum atomic E-state index is 0.0206. The van der Waals surface area contributed by atoms with E-state index in [2.05, 4.69) is 41.1 Å². The number of carbonyl (C=O) groups is 1. The van der Waals surface area contributed by atoms with Crippen LogP contribution < -0.4 is 0 Å². The van der Waals surface area contributed by atoms with Gasteiger partial charge in [0.05, 0.1) is 12.2 Å². The topological polar surface area (TPSA) is 33.2 Å². The molecule has 2 aromatic carbocycles. The minimum Gasteiger partial charge on any atom is -0.335 e. The van der Waals surface area contributed by atoms with Gasteiger partial charge in [0.15, 0.2) is 0 Å². The van der Waals surface area contributed by atoms with Crippen molar-refractivity contribution in [2.24, 2.45) is 0 Å². The van der Waals surface area contributed by atoms with Gasteiger partial charge in [-0.25, -0.2) is 0 Å². The Bertz CT molecular complexity index is 944. The van der Waals surface area contributed by atoms with Crippen molar-refractivity contribution in [1.29, 1.82) is 0 Å². The molecule has 124 valence electrons. The third-order valence-electron chi connectivity index (χ3n) is 4.17. The molecule has 0 radical (unpaired) electrons. The molecule has 3 rings (SSSR count). The first-order valence-electron chi connectivity index (χ1n) is 8.25. The van der Waals surface area contributed by atoms with Gasteiger partial charge in [-0.05, 0) is 29.1 Å². The number of rotatable bonds is 3. The van der Waals surface area contributed by atoms with Crippen LogP contribution in [0.4, 0.5) is 0 Å². The smallest absolute Gasteiger partial charge is 0.219 e. The van der Waals surface area contributed by atoms with Crippen LogP contribution in [0.5, 0.6) is 0 Å². The number of amides is 1. The average Bonchev–Trinajstić information content (AvgIpc) is 2.63. The van der Waals surface area contributed by atoms with Gasteiger partial charge in [0, 0.05) is 37.5 Å². The molecule has 3 aromatic rings. The lowest BCUT2D eigenvalue weighted by Gasteiger charge is -2.09. The number of hydrogen-bond donors (Lipinski definition) is 0. The Balaban J connectivity index is 1.73. The fourth-order valence-corrected chi connectivity index (χ4v) is 2.59. The third kappa shape index (κ3) is 4.24. The highest BCUT2D eigenvalue weighted by Crippen LogP contribution is 2.19. The maximum absolute atomic E-state index is 11.1. The number of fused-ring (bicyclic) bond motifs is 1. The molecule has 3 nitrogen and oxygen atoms in total. The van der Waals surface area contributed by atoms with E-state index in [1.165, 1.54) is 23.3 Å². The van der Waals surface area contributed by atoms with Gasteiger partial charge in [-0.3, -0.25) is 9.78 Å². The van der Waals surface area contributed by atoms with Crippen LogP contribution in [0, 0.1) is 11.8 Å². The predicted octanol–water partition coefficient (Wildman–Crippen LogP) is 3.66. The van der Waals surface area contributed by atoms with E-state index in [0.29, 0.717) is 6.54 Å². The summed E-state index contributed by atoms with van der Waals surface area (Å²) < 4.78 is 0. The summed E-state index contributed by atoms with van der Waals surface area (Å²) in [6.45, 7) is 1.98. The standard InChI is InChI=1S/C22H20N2O/c1-17(25)24(2)15-5-6-18-9-11-19(12-10-18)16-22-21-8-4-3-7-20(21)13-14-23-22/h3-4,7-14H,15-16H2,1-2H3. The lowest BCUT2D eigenvalue weighted by Crippen LogP contribution is -2.23. The van der Waals surface area contributed by atoms with E-state index in [1.54, 1.807) is 11.9 Å². The molecule has 0 aliphatic rings. The molecule has 0 unspecified atom stereocenters. The van der Waals surface area contributed by atoms with Crippen molar-refractivity contribution < 1.29 is 4.79 Å². The lowest BCUT2D eigenvalue weighted by atomic mass is 10.0. The van der Waals surface area contributed by atoms with Gasteiger partial charge in [0.1, 0.15) is 0 Å². The highest BCUT2D eigenvalue weighted by molar-refractivity contribution is 5.84. The van der Waals surface area contributed by atoms with E-state index in [4.69, 9.17) is 0 Å². The van der Waals surface area contributed by atoms with Crippen molar-refractivity contribution >= 4 is 16.7 Å². The fourth-order valence-electron chi connectivity index (χ4n) is 2.59. The van der Waals surface area contributed by atoms with Crippen LogP contribution in [-0.2, 0) is 11.2 Å². The number of hydrogen-bond acceptors (Lipinski definition) is 2. The number of aromatic nitrogens is 1. The number of carbonyl (C=O) groups excluding carboxylic acids is 1. The largest absolute Gasteiger partial charge is 0.335 e. The summed E-state index contributed by atoms with van der Waals surface area (Å²) in [7, 11) is 1.75. The Morgan fingerprint density at radius 1 is 1.08 bits per heavy atom. The highest BCUT2D eigenvalue weighted by atomic mass is 16.2. The molecule has 0 saturated heterocycles. The Labute approximate surface area is 148 Å². The predicted molar refractivity (Wildman–Crippen MR) is 101 cm³/mol. The molecule has 0 bridgehead atoms. The third-order valence-corrected chi connectivity index (χ3v) is 4.17. The molecular weight excluding hydrogens is 308 g/mol. The minimum absolute atomic E-state index is 0.0206. The van der Waals surface area contributed by atoms with Gasteiger partial charge in [-0.1, -0.05) is 48.2 Å². The van der Waals surface area contributed by atoms with E-state index in [-0.39, 0.29) is 5.91 Å². The molecular formula is C22H20N2O. The van der Waals surface area contributed by atoms with Crippen LogP contribution >= 0.6 is 0 Å². The van der Waals surface area contributed by atoms with Gasteiger partial charge in [-0.2, -0.15) is 0 Å². The van der Waals surface area contributed by atoms with Crippen LogP contribution in [0.1, 0.15) is 23.7 Å². The lowest BCUT2D eigenvalue weighted by molar-refractivity contribution is -0.126. The Hall–Kier alpha value is -3.12. The molecule has 0 saturated carbocycles. The molecule has 3 heteroatoms. The summed E-state index contributed by atoms with van der Waals surface area (Å²) in [6.07, 6.45) is 2.66. The van der Waals surface area contributed by atoms with Crippen molar-refractivity contribution in [3.05, 3.63) is 77.6 Å². The molecule has 1 aromatic heterocycles. The van der Waals surface area contributed by atoms with E-state index < -0.39 is 0 Å². The summed E-state index contributed by atoms with van der Waals surface area (Å²) in [5, 5.41) is 2.41. The van der Waals surface area contributed by atoms with Crippen molar-refractivity contribution in [1.82, 2.24) is 9.88 Å². The molecule has 0 spiro atoms. The molecule has 0 aliphatic heterocycles. The monoisotopic (exact) mass is 328 g/mol. The quantitative estimate of drug-likeness (QED) is 0.688. The van der Waals surface area contributed by atoms with Gasteiger partial charge < -0.3 is 4.90 Å². The van der Waals surface area contributed by atoms with E-state index >= 15 is 0 Å². The average molecular weight is 328 g/mol. The van der Waals surface area contributed by atoms with Crippen LogP contribution in [0.3, 0.4) is 0 Å².